The fraction of sp³-hybridized carbons (Fsp3) is 0.750. The third-order valence-electron chi connectivity index (χ3n) is 3.45. The van der Waals surface area contributed by atoms with Crippen molar-refractivity contribution in [1.82, 2.24) is 10.2 Å². The number of primary amides is 1. The van der Waals surface area contributed by atoms with E-state index in [2.05, 4.69) is 5.32 Å². The van der Waals surface area contributed by atoms with Crippen molar-refractivity contribution in [2.45, 2.75) is 44.1 Å². The molecule has 0 heterocycles. The van der Waals surface area contributed by atoms with Crippen LogP contribution < -0.4 is 11.1 Å². The fourth-order valence-corrected chi connectivity index (χ4v) is 2.33. The molecular formula is C12H21N3O4. The zero-order chi connectivity index (χ0) is 14.5. The molecule has 0 radical (unpaired) electrons. The number of likely N-dealkylation sites (N-methyl/N-ethyl adjacent to an activating group) is 1. The zero-order valence-corrected chi connectivity index (χ0v) is 11.1. The van der Waals surface area contributed by atoms with Crippen LogP contribution in [0.3, 0.4) is 0 Å². The van der Waals surface area contributed by atoms with Gasteiger partial charge in [0.05, 0.1) is 0 Å². The van der Waals surface area contributed by atoms with E-state index < -0.39 is 23.4 Å². The molecule has 1 aliphatic rings. The second-order valence-electron chi connectivity index (χ2n) is 5.05. The molecule has 0 aromatic heterocycles. The minimum atomic E-state index is -1.22. The summed E-state index contributed by atoms with van der Waals surface area (Å²) in [6.45, 7) is -0.235. The van der Waals surface area contributed by atoms with Crippen LogP contribution in [0.1, 0.15) is 38.5 Å². The third kappa shape index (κ3) is 4.11. The molecule has 1 saturated carbocycles. The molecule has 0 aromatic carbocycles. The van der Waals surface area contributed by atoms with Gasteiger partial charge in [-0.1, -0.05) is 25.7 Å². The standard InChI is InChI=1S/C12H21N3O4/c1-15(8-9(13)16)11(19)14-12(10(17)18)6-4-2-3-5-7-12/h2-8H2,1H3,(H2,13,16)(H,14,19)(H,17,18). The van der Waals surface area contributed by atoms with E-state index in [4.69, 9.17) is 5.73 Å². The monoisotopic (exact) mass is 271 g/mol. The number of amides is 3. The molecule has 3 amide bonds. The fourth-order valence-electron chi connectivity index (χ4n) is 2.33. The van der Waals surface area contributed by atoms with Gasteiger partial charge in [0.15, 0.2) is 0 Å². The van der Waals surface area contributed by atoms with Crippen molar-refractivity contribution < 1.29 is 19.5 Å². The van der Waals surface area contributed by atoms with Gasteiger partial charge in [0, 0.05) is 7.05 Å². The Bertz CT molecular complexity index is 362. The summed E-state index contributed by atoms with van der Waals surface area (Å²) >= 11 is 0. The highest BCUT2D eigenvalue weighted by Crippen LogP contribution is 2.27. The summed E-state index contributed by atoms with van der Waals surface area (Å²) in [7, 11) is 1.41. The van der Waals surface area contributed by atoms with Crippen molar-refractivity contribution in [3.8, 4) is 0 Å². The Balaban J connectivity index is 2.75. The summed E-state index contributed by atoms with van der Waals surface area (Å²) in [5, 5.41) is 12.0. The number of hydrogen-bond donors (Lipinski definition) is 3. The first-order chi connectivity index (χ1) is 8.87. The number of nitrogens with two attached hydrogens (primary N) is 1. The van der Waals surface area contributed by atoms with Crippen LogP contribution in [0.4, 0.5) is 4.79 Å². The van der Waals surface area contributed by atoms with Crippen LogP contribution in [0.25, 0.3) is 0 Å². The van der Waals surface area contributed by atoms with Gasteiger partial charge in [0.2, 0.25) is 5.91 Å². The van der Waals surface area contributed by atoms with E-state index in [0.717, 1.165) is 30.6 Å². The topological polar surface area (TPSA) is 113 Å². The Hall–Kier alpha value is -1.79. The molecule has 7 heteroatoms. The highest BCUT2D eigenvalue weighted by molar-refractivity contribution is 5.88. The summed E-state index contributed by atoms with van der Waals surface area (Å²) in [6.07, 6.45) is 4.32. The number of rotatable bonds is 4. The number of nitrogens with one attached hydrogen (secondary N) is 1. The van der Waals surface area contributed by atoms with E-state index in [-0.39, 0.29) is 6.54 Å². The predicted molar refractivity (Wildman–Crippen MR) is 68.4 cm³/mol. The summed E-state index contributed by atoms with van der Waals surface area (Å²) in [4.78, 5) is 35.3. The average molecular weight is 271 g/mol. The smallest absolute Gasteiger partial charge is 0.329 e. The van der Waals surface area contributed by atoms with E-state index >= 15 is 0 Å². The maximum Gasteiger partial charge on any atom is 0.329 e. The number of carbonyl (C=O) groups excluding carboxylic acids is 2. The van der Waals surface area contributed by atoms with Gasteiger partial charge in [0.1, 0.15) is 12.1 Å². The maximum absolute atomic E-state index is 11.9. The second kappa shape index (κ2) is 6.40. The first kappa shape index (κ1) is 15.3. The number of nitrogens with zero attached hydrogens (tertiary/aromatic N) is 1. The van der Waals surface area contributed by atoms with Crippen LogP contribution in [0.2, 0.25) is 0 Å². The molecule has 4 N–H and O–H groups in total. The van der Waals surface area contributed by atoms with Crippen molar-refractivity contribution in [1.29, 1.82) is 0 Å². The maximum atomic E-state index is 11.9. The van der Waals surface area contributed by atoms with E-state index in [1.165, 1.54) is 7.05 Å². The van der Waals surface area contributed by atoms with Gasteiger partial charge in [-0.3, -0.25) is 4.79 Å². The molecule has 0 aliphatic heterocycles. The lowest BCUT2D eigenvalue weighted by atomic mass is 9.90. The van der Waals surface area contributed by atoms with Crippen LogP contribution in [0.5, 0.6) is 0 Å². The minimum Gasteiger partial charge on any atom is -0.480 e. The average Bonchev–Trinajstić information content (AvgIpc) is 2.54. The van der Waals surface area contributed by atoms with Crippen LogP contribution in [-0.4, -0.2) is 47.0 Å². The van der Waals surface area contributed by atoms with Crippen LogP contribution in [0.15, 0.2) is 0 Å². The highest BCUT2D eigenvalue weighted by Gasteiger charge is 2.40. The molecule has 0 atom stereocenters. The zero-order valence-electron chi connectivity index (χ0n) is 11.1. The van der Waals surface area contributed by atoms with Gasteiger partial charge in [-0.25, -0.2) is 9.59 Å². The number of hydrogen-bond acceptors (Lipinski definition) is 3. The molecule has 1 rings (SSSR count). The second-order valence-corrected chi connectivity index (χ2v) is 5.05. The van der Waals surface area contributed by atoms with Gasteiger partial charge in [0.25, 0.3) is 0 Å². The molecule has 0 spiro atoms. The van der Waals surface area contributed by atoms with Crippen molar-refractivity contribution in [3.63, 3.8) is 0 Å². The number of carbonyl (C=O) groups is 3. The third-order valence-corrected chi connectivity index (χ3v) is 3.45. The largest absolute Gasteiger partial charge is 0.480 e. The number of aliphatic carboxylic acids is 1. The van der Waals surface area contributed by atoms with Crippen molar-refractivity contribution >= 4 is 17.9 Å². The molecule has 19 heavy (non-hydrogen) atoms. The van der Waals surface area contributed by atoms with Gasteiger partial charge in [-0.05, 0) is 12.8 Å². The van der Waals surface area contributed by atoms with Crippen molar-refractivity contribution in [2.24, 2.45) is 5.73 Å². The summed E-state index contributed by atoms with van der Waals surface area (Å²) in [6, 6.07) is -0.580. The Morgan fingerprint density at radius 3 is 2.16 bits per heavy atom. The summed E-state index contributed by atoms with van der Waals surface area (Å²) in [5.41, 5.74) is 3.78. The lowest BCUT2D eigenvalue weighted by molar-refractivity contribution is -0.145. The normalized spacial score (nSPS) is 18.2. The molecule has 1 aliphatic carbocycles. The number of carboxylic acid groups (broad SMARTS) is 1. The molecule has 0 saturated heterocycles. The molecule has 108 valence electrons. The lowest BCUT2D eigenvalue weighted by Crippen LogP contribution is -2.57. The van der Waals surface area contributed by atoms with Crippen LogP contribution in [0, 0.1) is 0 Å². The Kier molecular flexibility index (Phi) is 5.14. The van der Waals surface area contributed by atoms with Crippen molar-refractivity contribution in [2.75, 3.05) is 13.6 Å². The Morgan fingerprint density at radius 1 is 1.21 bits per heavy atom. The first-order valence-electron chi connectivity index (χ1n) is 6.42. The summed E-state index contributed by atoms with van der Waals surface area (Å²) in [5.74, 6) is -1.65. The molecule has 0 aromatic rings. The molecule has 0 bridgehead atoms. The van der Waals surface area contributed by atoms with E-state index in [0.29, 0.717) is 12.8 Å². The van der Waals surface area contributed by atoms with Gasteiger partial charge < -0.3 is 21.1 Å². The Morgan fingerprint density at radius 2 is 1.74 bits per heavy atom. The molecular weight excluding hydrogens is 250 g/mol. The minimum absolute atomic E-state index is 0.235. The SMILES string of the molecule is CN(CC(N)=O)C(=O)NC1(C(=O)O)CCCCCC1. The Labute approximate surface area is 112 Å². The quantitative estimate of drug-likeness (QED) is 0.638. The summed E-state index contributed by atoms with van der Waals surface area (Å²) < 4.78 is 0. The van der Waals surface area contributed by atoms with Crippen LogP contribution in [-0.2, 0) is 9.59 Å². The lowest BCUT2D eigenvalue weighted by Gasteiger charge is -2.31. The van der Waals surface area contributed by atoms with Gasteiger partial charge >= 0.3 is 12.0 Å². The van der Waals surface area contributed by atoms with Crippen LogP contribution >= 0.6 is 0 Å². The molecule has 1 fully saturated rings. The molecule has 7 nitrogen and oxygen atoms in total. The number of urea groups is 1. The van der Waals surface area contributed by atoms with Gasteiger partial charge in [-0.15, -0.1) is 0 Å². The first-order valence-corrected chi connectivity index (χ1v) is 6.42. The van der Waals surface area contributed by atoms with E-state index in [1.54, 1.807) is 0 Å². The molecule has 0 unspecified atom stereocenters. The highest BCUT2D eigenvalue weighted by atomic mass is 16.4. The predicted octanol–water partition coefficient (Wildman–Crippen LogP) is 0.291. The van der Waals surface area contributed by atoms with E-state index in [9.17, 15) is 19.5 Å². The number of carboxylic acids is 1. The van der Waals surface area contributed by atoms with E-state index in [1.807, 2.05) is 0 Å². The van der Waals surface area contributed by atoms with Gasteiger partial charge in [-0.2, -0.15) is 0 Å². The van der Waals surface area contributed by atoms with Crippen molar-refractivity contribution in [3.05, 3.63) is 0 Å².